The lowest BCUT2D eigenvalue weighted by molar-refractivity contribution is 0.102. The number of thiophene rings is 1. The smallest absolute Gasteiger partial charge is 0.261 e. The molecule has 0 spiro atoms. The molecule has 0 fully saturated rings. The molecule has 0 aliphatic carbocycles. The first kappa shape index (κ1) is 15.9. The third-order valence-corrected chi connectivity index (χ3v) is 4.96. The summed E-state index contributed by atoms with van der Waals surface area (Å²) >= 11 is 4.83. The van der Waals surface area contributed by atoms with Crippen molar-refractivity contribution in [3.8, 4) is 10.6 Å². The number of hydrogen-bond donors (Lipinski definition) is 1. The number of benzene rings is 1. The molecule has 1 amide bonds. The fourth-order valence-corrected chi connectivity index (χ4v) is 3.49. The lowest BCUT2D eigenvalue weighted by Gasteiger charge is -2.06. The van der Waals surface area contributed by atoms with Gasteiger partial charge in [-0.25, -0.2) is 4.39 Å². The second-order valence-electron chi connectivity index (χ2n) is 4.98. The highest BCUT2D eigenvalue weighted by atomic mass is 79.9. The molecule has 0 aliphatic heterocycles. The van der Waals surface area contributed by atoms with Crippen LogP contribution in [0.4, 0.5) is 10.1 Å². The summed E-state index contributed by atoms with van der Waals surface area (Å²) < 4.78 is 19.7. The van der Waals surface area contributed by atoms with Gasteiger partial charge in [0.1, 0.15) is 22.8 Å². The van der Waals surface area contributed by atoms with Crippen LogP contribution >= 0.6 is 27.3 Å². The number of rotatable bonds is 3. The number of aromatic nitrogens is 1. The number of nitrogens with one attached hydrogen (secondary N) is 1. The molecule has 0 saturated carbocycles. The summed E-state index contributed by atoms with van der Waals surface area (Å²) in [7, 11) is 0. The van der Waals surface area contributed by atoms with Gasteiger partial charge in [-0.1, -0.05) is 11.2 Å². The number of nitrogens with zero attached hydrogens (tertiary/aromatic N) is 1. The first-order valence-electron chi connectivity index (χ1n) is 6.75. The molecule has 3 aromatic rings. The first-order chi connectivity index (χ1) is 11.0. The quantitative estimate of drug-likeness (QED) is 0.666. The molecule has 0 saturated heterocycles. The minimum absolute atomic E-state index is 0.348. The Labute approximate surface area is 144 Å². The summed E-state index contributed by atoms with van der Waals surface area (Å²) in [5, 5.41) is 6.66. The van der Waals surface area contributed by atoms with Gasteiger partial charge in [-0.3, -0.25) is 4.79 Å². The number of anilines is 1. The van der Waals surface area contributed by atoms with Crippen molar-refractivity contribution in [2.45, 2.75) is 13.8 Å². The van der Waals surface area contributed by atoms with Gasteiger partial charge in [-0.2, -0.15) is 0 Å². The lowest BCUT2D eigenvalue weighted by Crippen LogP contribution is -2.13. The molecule has 118 valence electrons. The van der Waals surface area contributed by atoms with Crippen molar-refractivity contribution in [1.82, 2.24) is 5.16 Å². The summed E-state index contributed by atoms with van der Waals surface area (Å²) in [6, 6.07) is 8.29. The topological polar surface area (TPSA) is 55.1 Å². The van der Waals surface area contributed by atoms with E-state index in [1.54, 1.807) is 26.0 Å². The van der Waals surface area contributed by atoms with Gasteiger partial charge in [-0.05, 0) is 59.6 Å². The fourth-order valence-electron chi connectivity index (χ4n) is 2.11. The Kier molecular flexibility index (Phi) is 4.32. The van der Waals surface area contributed by atoms with E-state index in [9.17, 15) is 9.18 Å². The van der Waals surface area contributed by atoms with Gasteiger partial charge in [0.2, 0.25) is 0 Å². The molecule has 0 radical (unpaired) electrons. The van der Waals surface area contributed by atoms with Gasteiger partial charge in [0.15, 0.2) is 0 Å². The van der Waals surface area contributed by atoms with Crippen LogP contribution in [0.1, 0.15) is 21.7 Å². The van der Waals surface area contributed by atoms with Gasteiger partial charge in [0.05, 0.1) is 8.66 Å². The van der Waals surface area contributed by atoms with Gasteiger partial charge < -0.3 is 9.84 Å². The Morgan fingerprint density at radius 1 is 1.30 bits per heavy atom. The Morgan fingerprint density at radius 3 is 2.74 bits per heavy atom. The molecule has 4 nitrogen and oxygen atoms in total. The maximum atomic E-state index is 13.6. The molecule has 1 aromatic carbocycles. The molecule has 0 bridgehead atoms. The van der Waals surface area contributed by atoms with Crippen molar-refractivity contribution in [2.75, 3.05) is 5.32 Å². The normalized spacial score (nSPS) is 10.8. The number of carbonyl (C=O) groups excluding carboxylic acids is 1. The Balaban J connectivity index is 1.93. The second-order valence-corrected chi connectivity index (χ2v) is 7.45. The van der Waals surface area contributed by atoms with E-state index in [-0.39, 0.29) is 11.7 Å². The van der Waals surface area contributed by atoms with Crippen LogP contribution in [-0.4, -0.2) is 11.1 Å². The van der Waals surface area contributed by atoms with E-state index in [0.717, 1.165) is 8.66 Å². The summed E-state index contributed by atoms with van der Waals surface area (Å²) in [6.07, 6.45) is 0. The molecular formula is C16H12BrFN2O2S. The molecule has 3 rings (SSSR count). The Bertz CT molecular complexity index is 888. The molecule has 7 heteroatoms. The molecule has 0 unspecified atom stereocenters. The molecule has 2 heterocycles. The zero-order chi connectivity index (χ0) is 16.6. The van der Waals surface area contributed by atoms with Crippen molar-refractivity contribution < 1.29 is 13.7 Å². The first-order valence-corrected chi connectivity index (χ1v) is 8.36. The number of amides is 1. The summed E-state index contributed by atoms with van der Waals surface area (Å²) in [4.78, 5) is 13.4. The second kappa shape index (κ2) is 6.25. The van der Waals surface area contributed by atoms with Gasteiger partial charge >= 0.3 is 0 Å². The zero-order valence-electron chi connectivity index (χ0n) is 12.3. The van der Waals surface area contributed by atoms with E-state index in [1.807, 2.05) is 12.1 Å². The Hall–Kier alpha value is -1.99. The van der Waals surface area contributed by atoms with Crippen LogP contribution in [0.15, 0.2) is 38.6 Å². The standard InChI is InChI=1S/C16H12BrFN2O2S/c1-8-3-4-10(7-11(8)18)19-16(21)14-9(2)22-20-15(14)12-5-6-13(17)23-12/h3-7H,1-2H3,(H,19,21). The van der Waals surface area contributed by atoms with Crippen molar-refractivity contribution >= 4 is 38.9 Å². The van der Waals surface area contributed by atoms with Crippen LogP contribution in [0.3, 0.4) is 0 Å². The van der Waals surface area contributed by atoms with E-state index in [2.05, 4.69) is 26.4 Å². The van der Waals surface area contributed by atoms with Crippen LogP contribution < -0.4 is 5.32 Å². The number of hydrogen-bond acceptors (Lipinski definition) is 4. The summed E-state index contributed by atoms with van der Waals surface area (Å²) in [5.74, 6) is -0.339. The summed E-state index contributed by atoms with van der Waals surface area (Å²) in [5.41, 5.74) is 1.73. The SMILES string of the molecule is Cc1ccc(NC(=O)c2c(-c3ccc(Br)s3)noc2C)cc1F. The molecular weight excluding hydrogens is 383 g/mol. The minimum Gasteiger partial charge on any atom is -0.360 e. The molecule has 2 aromatic heterocycles. The van der Waals surface area contributed by atoms with Crippen LogP contribution in [0.5, 0.6) is 0 Å². The monoisotopic (exact) mass is 394 g/mol. The van der Waals surface area contributed by atoms with Gasteiger partial charge in [-0.15, -0.1) is 11.3 Å². The number of aryl methyl sites for hydroxylation is 2. The van der Waals surface area contributed by atoms with E-state index in [1.165, 1.54) is 17.4 Å². The van der Waals surface area contributed by atoms with Crippen molar-refractivity contribution in [3.05, 3.63) is 56.8 Å². The van der Waals surface area contributed by atoms with E-state index >= 15 is 0 Å². The van der Waals surface area contributed by atoms with Gasteiger partial charge in [0, 0.05) is 5.69 Å². The third kappa shape index (κ3) is 3.20. The Morgan fingerprint density at radius 2 is 2.09 bits per heavy atom. The minimum atomic E-state index is -0.383. The van der Waals surface area contributed by atoms with E-state index in [4.69, 9.17) is 4.52 Å². The zero-order valence-corrected chi connectivity index (χ0v) is 14.7. The van der Waals surface area contributed by atoms with Crippen LogP contribution in [0.2, 0.25) is 0 Å². The van der Waals surface area contributed by atoms with E-state index < -0.39 is 0 Å². The predicted molar refractivity (Wildman–Crippen MR) is 91.3 cm³/mol. The van der Waals surface area contributed by atoms with Crippen molar-refractivity contribution in [1.29, 1.82) is 0 Å². The fraction of sp³-hybridized carbons (Fsp3) is 0.125. The molecule has 1 N–H and O–H groups in total. The number of halogens is 2. The molecule has 0 atom stereocenters. The van der Waals surface area contributed by atoms with Crippen molar-refractivity contribution in [2.24, 2.45) is 0 Å². The predicted octanol–water partition coefficient (Wildman–Crippen LogP) is 5.17. The lowest BCUT2D eigenvalue weighted by atomic mass is 10.1. The maximum Gasteiger partial charge on any atom is 0.261 e. The summed E-state index contributed by atoms with van der Waals surface area (Å²) in [6.45, 7) is 3.33. The average molecular weight is 395 g/mol. The molecule has 0 aliphatic rings. The van der Waals surface area contributed by atoms with Crippen LogP contribution in [0, 0.1) is 19.7 Å². The number of carbonyl (C=O) groups is 1. The third-order valence-electron chi connectivity index (χ3n) is 3.33. The average Bonchev–Trinajstić information content (AvgIpc) is 3.08. The maximum absolute atomic E-state index is 13.6. The largest absolute Gasteiger partial charge is 0.360 e. The highest BCUT2D eigenvalue weighted by Gasteiger charge is 2.23. The molecule has 23 heavy (non-hydrogen) atoms. The van der Waals surface area contributed by atoms with Gasteiger partial charge in [0.25, 0.3) is 5.91 Å². The van der Waals surface area contributed by atoms with Crippen LogP contribution in [-0.2, 0) is 0 Å². The van der Waals surface area contributed by atoms with E-state index in [0.29, 0.717) is 28.3 Å². The van der Waals surface area contributed by atoms with Crippen LogP contribution in [0.25, 0.3) is 10.6 Å². The highest BCUT2D eigenvalue weighted by molar-refractivity contribution is 9.11. The van der Waals surface area contributed by atoms with Crippen molar-refractivity contribution in [3.63, 3.8) is 0 Å². The highest BCUT2D eigenvalue weighted by Crippen LogP contribution is 2.34.